The first-order valence-electron chi connectivity index (χ1n) is 10.6. The summed E-state index contributed by atoms with van der Waals surface area (Å²) >= 11 is 0. The fraction of sp³-hybridized carbons (Fsp3) is 0.478. The summed E-state index contributed by atoms with van der Waals surface area (Å²) in [4.78, 5) is 12.8. The normalized spacial score (nSPS) is 20.3. The molecule has 0 aliphatic carbocycles. The van der Waals surface area contributed by atoms with E-state index in [2.05, 4.69) is 10.2 Å². The molecule has 2 aromatic carbocycles. The second-order valence-electron chi connectivity index (χ2n) is 8.33. The molecule has 1 unspecified atom stereocenters. The number of hydrogen-bond donors (Lipinski definition) is 2. The molecule has 0 radical (unpaired) electrons. The highest BCUT2D eigenvalue weighted by atomic mass is 16.6. The molecule has 0 aromatic heterocycles. The molecule has 166 valence electrons. The van der Waals surface area contributed by atoms with E-state index in [1.807, 2.05) is 24.3 Å². The van der Waals surface area contributed by atoms with Gasteiger partial charge in [-0.25, -0.2) is 0 Å². The molecule has 1 fully saturated rings. The van der Waals surface area contributed by atoms with Crippen molar-refractivity contribution in [3.05, 3.63) is 63.2 Å². The minimum Gasteiger partial charge on any atom is -0.493 e. The summed E-state index contributed by atoms with van der Waals surface area (Å²) in [7, 11) is 3.22. The van der Waals surface area contributed by atoms with Gasteiger partial charge in [0.15, 0.2) is 11.5 Å². The lowest BCUT2D eigenvalue weighted by Gasteiger charge is -2.48. The first kappa shape index (κ1) is 21.5. The predicted molar refractivity (Wildman–Crippen MR) is 117 cm³/mol. The van der Waals surface area contributed by atoms with Crippen LogP contribution in [-0.2, 0) is 13.0 Å². The first-order chi connectivity index (χ1) is 15.0. The first-order valence-corrected chi connectivity index (χ1v) is 10.6. The monoisotopic (exact) mass is 427 g/mol. The molecular formula is C23H29N3O5. The number of fused-ring (bicyclic) bond motifs is 1. The van der Waals surface area contributed by atoms with Crippen molar-refractivity contribution >= 4 is 5.69 Å². The number of likely N-dealkylation sites (tertiary alicyclic amines) is 1. The van der Waals surface area contributed by atoms with Crippen LogP contribution in [0.15, 0.2) is 36.4 Å². The summed E-state index contributed by atoms with van der Waals surface area (Å²) in [5, 5.41) is 25.7. The highest BCUT2D eigenvalue weighted by Crippen LogP contribution is 2.43. The minimum absolute atomic E-state index is 0.121. The lowest BCUT2D eigenvalue weighted by Crippen LogP contribution is -2.58. The molecule has 0 amide bonds. The molecule has 0 bridgehead atoms. The van der Waals surface area contributed by atoms with Crippen molar-refractivity contribution < 1.29 is 19.5 Å². The van der Waals surface area contributed by atoms with Crippen molar-refractivity contribution in [2.24, 2.45) is 0 Å². The van der Waals surface area contributed by atoms with Gasteiger partial charge < -0.3 is 24.8 Å². The number of hydrogen-bond acceptors (Lipinski definition) is 7. The molecule has 2 heterocycles. The molecule has 31 heavy (non-hydrogen) atoms. The number of piperidine rings is 1. The fourth-order valence-electron chi connectivity index (χ4n) is 4.71. The minimum atomic E-state index is -0.604. The van der Waals surface area contributed by atoms with Crippen LogP contribution >= 0.6 is 0 Å². The Bertz CT molecular complexity index is 939. The van der Waals surface area contributed by atoms with Gasteiger partial charge in [-0.2, -0.15) is 0 Å². The van der Waals surface area contributed by atoms with Crippen molar-refractivity contribution in [2.75, 3.05) is 33.9 Å². The number of nitro benzene ring substituents is 1. The van der Waals surface area contributed by atoms with Crippen molar-refractivity contribution in [1.29, 1.82) is 0 Å². The van der Waals surface area contributed by atoms with Crippen LogP contribution in [0.4, 0.5) is 5.69 Å². The summed E-state index contributed by atoms with van der Waals surface area (Å²) in [6, 6.07) is 10.6. The van der Waals surface area contributed by atoms with E-state index >= 15 is 0 Å². The molecule has 8 nitrogen and oxygen atoms in total. The summed E-state index contributed by atoms with van der Waals surface area (Å²) < 4.78 is 10.8. The van der Waals surface area contributed by atoms with Crippen LogP contribution in [0.5, 0.6) is 11.5 Å². The smallest absolute Gasteiger partial charge is 0.269 e. The fourth-order valence-corrected chi connectivity index (χ4v) is 4.71. The van der Waals surface area contributed by atoms with Gasteiger partial charge in [0.2, 0.25) is 0 Å². The zero-order valence-corrected chi connectivity index (χ0v) is 18.0. The summed E-state index contributed by atoms with van der Waals surface area (Å²) in [6.45, 7) is 3.36. The number of rotatable bonds is 6. The summed E-state index contributed by atoms with van der Waals surface area (Å²) in [5.41, 5.74) is 2.83. The number of nitro groups is 1. The number of benzene rings is 2. The van der Waals surface area contributed by atoms with Crippen LogP contribution in [0, 0.1) is 10.1 Å². The topological polar surface area (TPSA) is 97.1 Å². The van der Waals surface area contributed by atoms with Crippen molar-refractivity contribution in [3.8, 4) is 11.5 Å². The van der Waals surface area contributed by atoms with Crippen LogP contribution in [0.25, 0.3) is 0 Å². The molecule has 2 aliphatic heterocycles. The maximum atomic E-state index is 11.3. The average Bonchev–Trinajstić information content (AvgIpc) is 2.80. The molecule has 8 heteroatoms. The van der Waals surface area contributed by atoms with Crippen LogP contribution < -0.4 is 14.8 Å². The van der Waals surface area contributed by atoms with E-state index in [0.717, 1.165) is 55.6 Å². The third-order valence-corrected chi connectivity index (χ3v) is 6.71. The second kappa shape index (κ2) is 8.82. The maximum Gasteiger partial charge on any atom is 0.269 e. The zero-order chi connectivity index (χ0) is 22.0. The highest BCUT2D eigenvalue weighted by molar-refractivity contribution is 5.50. The number of ether oxygens (including phenoxy) is 2. The standard InChI is InChI=1S/C23H29N3O5/c1-30-20-13-17-15-24-23(22(27)19(17)14-21(20)31-2)8-11-25(12-9-23)10-7-16-3-5-18(6-4-16)26(28)29/h3-6,13-14,22,24,27H,7-12,15H2,1-2H3. The molecule has 1 spiro atoms. The Kier molecular flexibility index (Phi) is 6.13. The van der Waals surface area contributed by atoms with Gasteiger partial charge in [0, 0.05) is 38.3 Å². The van der Waals surface area contributed by atoms with E-state index in [4.69, 9.17) is 9.47 Å². The lowest BCUT2D eigenvalue weighted by atomic mass is 9.75. The van der Waals surface area contributed by atoms with Crippen LogP contribution in [-0.4, -0.2) is 54.3 Å². The van der Waals surface area contributed by atoms with E-state index in [0.29, 0.717) is 18.0 Å². The van der Waals surface area contributed by atoms with Gasteiger partial charge in [-0.15, -0.1) is 0 Å². The SMILES string of the molecule is COc1cc2c(cc1OC)C(O)C1(CCN(CCc3ccc([N+](=O)[O-])cc3)CC1)NC2. The van der Waals surface area contributed by atoms with E-state index in [1.54, 1.807) is 26.4 Å². The number of aliphatic hydroxyl groups is 1. The highest BCUT2D eigenvalue weighted by Gasteiger charge is 2.44. The summed E-state index contributed by atoms with van der Waals surface area (Å²) in [5.74, 6) is 1.31. The van der Waals surface area contributed by atoms with Crippen LogP contribution in [0.3, 0.4) is 0 Å². The number of nitrogens with zero attached hydrogens (tertiary/aromatic N) is 2. The van der Waals surface area contributed by atoms with Gasteiger partial charge in [0.05, 0.1) is 30.8 Å². The predicted octanol–water partition coefficient (Wildman–Crippen LogP) is 2.83. The lowest BCUT2D eigenvalue weighted by molar-refractivity contribution is -0.384. The third kappa shape index (κ3) is 4.23. The maximum absolute atomic E-state index is 11.3. The Morgan fingerprint density at radius 3 is 2.42 bits per heavy atom. The number of non-ortho nitro benzene ring substituents is 1. The Morgan fingerprint density at radius 1 is 1.16 bits per heavy atom. The van der Waals surface area contributed by atoms with E-state index in [-0.39, 0.29) is 16.1 Å². The van der Waals surface area contributed by atoms with E-state index in [9.17, 15) is 15.2 Å². The van der Waals surface area contributed by atoms with Gasteiger partial charge in [0.1, 0.15) is 0 Å². The average molecular weight is 428 g/mol. The molecule has 0 saturated carbocycles. The molecule has 4 rings (SSSR count). The van der Waals surface area contributed by atoms with Crippen molar-refractivity contribution in [2.45, 2.75) is 37.5 Å². The zero-order valence-electron chi connectivity index (χ0n) is 18.0. The number of nitrogens with one attached hydrogen (secondary N) is 1. The number of aliphatic hydroxyl groups excluding tert-OH is 1. The summed E-state index contributed by atoms with van der Waals surface area (Å²) in [6.07, 6.45) is 1.94. The van der Waals surface area contributed by atoms with Gasteiger partial charge in [0.25, 0.3) is 5.69 Å². The second-order valence-corrected chi connectivity index (χ2v) is 8.33. The molecule has 1 atom stereocenters. The van der Waals surface area contributed by atoms with Crippen molar-refractivity contribution in [1.82, 2.24) is 10.2 Å². The van der Waals surface area contributed by atoms with Gasteiger partial charge in [-0.1, -0.05) is 12.1 Å². The van der Waals surface area contributed by atoms with E-state index < -0.39 is 6.10 Å². The van der Waals surface area contributed by atoms with Crippen LogP contribution in [0.1, 0.15) is 35.6 Å². The Hall–Kier alpha value is -2.68. The van der Waals surface area contributed by atoms with Crippen molar-refractivity contribution in [3.63, 3.8) is 0 Å². The Morgan fingerprint density at radius 2 is 1.81 bits per heavy atom. The molecular weight excluding hydrogens is 398 g/mol. The molecule has 1 saturated heterocycles. The van der Waals surface area contributed by atoms with Crippen LogP contribution in [0.2, 0.25) is 0 Å². The molecule has 2 aromatic rings. The quantitative estimate of drug-likeness (QED) is 0.540. The molecule has 2 aliphatic rings. The van der Waals surface area contributed by atoms with Gasteiger partial charge in [-0.05, 0) is 48.1 Å². The largest absolute Gasteiger partial charge is 0.493 e. The Labute approximate surface area is 181 Å². The van der Waals surface area contributed by atoms with E-state index in [1.165, 1.54) is 0 Å². The Balaban J connectivity index is 1.38. The van der Waals surface area contributed by atoms with Gasteiger partial charge in [-0.3, -0.25) is 10.1 Å². The van der Waals surface area contributed by atoms with Gasteiger partial charge >= 0.3 is 0 Å². The molecule has 2 N–H and O–H groups in total. The third-order valence-electron chi connectivity index (χ3n) is 6.71. The number of methoxy groups -OCH3 is 2.